The summed E-state index contributed by atoms with van der Waals surface area (Å²) in [6.45, 7) is 0. The Labute approximate surface area is 98.1 Å². The Hall–Kier alpha value is -2.67. The molecule has 0 amide bonds. The van der Waals surface area contributed by atoms with E-state index < -0.39 is 0 Å². The molecule has 0 saturated carbocycles. The Morgan fingerprint density at radius 1 is 1.18 bits per heavy atom. The minimum atomic E-state index is 0.455. The van der Waals surface area contributed by atoms with Gasteiger partial charge in [0.1, 0.15) is 11.5 Å². The second-order valence-corrected chi connectivity index (χ2v) is 3.31. The first kappa shape index (κ1) is 10.8. The van der Waals surface area contributed by atoms with Crippen LogP contribution in [0.3, 0.4) is 0 Å². The van der Waals surface area contributed by atoms with E-state index in [0.29, 0.717) is 28.9 Å². The maximum Gasteiger partial charge on any atom is 0.151 e. The fourth-order valence-corrected chi connectivity index (χ4v) is 1.29. The van der Waals surface area contributed by atoms with Crippen LogP contribution >= 0.6 is 0 Å². The van der Waals surface area contributed by atoms with Crippen LogP contribution in [0.5, 0.6) is 11.5 Å². The molecule has 0 spiro atoms. The minimum Gasteiger partial charge on any atom is -0.456 e. The highest BCUT2D eigenvalue weighted by Crippen LogP contribution is 2.21. The molecule has 1 aromatic carbocycles. The van der Waals surface area contributed by atoms with Gasteiger partial charge in [0.05, 0.1) is 17.8 Å². The van der Waals surface area contributed by atoms with Crippen molar-refractivity contribution in [3.8, 4) is 17.6 Å². The van der Waals surface area contributed by atoms with Crippen LogP contribution in [-0.2, 0) is 0 Å². The molecule has 0 aliphatic carbocycles. The zero-order valence-electron chi connectivity index (χ0n) is 8.83. The maximum atomic E-state index is 10.6. The number of carbonyl (C=O) groups is 1. The highest BCUT2D eigenvalue weighted by Gasteiger charge is 1.99. The molecule has 17 heavy (non-hydrogen) atoms. The highest BCUT2D eigenvalue weighted by molar-refractivity contribution is 5.74. The van der Waals surface area contributed by atoms with Gasteiger partial charge in [-0.05, 0) is 30.3 Å². The summed E-state index contributed by atoms with van der Waals surface area (Å²) in [5.74, 6) is 1.08. The third-order valence-corrected chi connectivity index (χ3v) is 2.09. The Kier molecular flexibility index (Phi) is 3.13. The van der Waals surface area contributed by atoms with Crippen LogP contribution in [-0.4, -0.2) is 11.3 Å². The van der Waals surface area contributed by atoms with Crippen molar-refractivity contribution in [1.29, 1.82) is 5.26 Å². The summed E-state index contributed by atoms with van der Waals surface area (Å²) in [5, 5.41) is 8.65. The van der Waals surface area contributed by atoms with Crippen molar-refractivity contribution in [2.75, 3.05) is 0 Å². The van der Waals surface area contributed by atoms with Gasteiger partial charge in [-0.25, -0.2) is 0 Å². The zero-order valence-corrected chi connectivity index (χ0v) is 8.83. The largest absolute Gasteiger partial charge is 0.456 e. The number of aldehydes is 1. The molecule has 0 saturated heterocycles. The standard InChI is InChI=1S/C13H8N2O2/c14-6-10-1-3-12(4-2-10)17-13-5-11(9-16)7-15-8-13/h1-5,7-9H. The Morgan fingerprint density at radius 3 is 2.59 bits per heavy atom. The van der Waals surface area contributed by atoms with E-state index in [1.54, 1.807) is 30.3 Å². The van der Waals surface area contributed by atoms with Crippen LogP contribution in [0.4, 0.5) is 0 Å². The molecule has 0 unspecified atom stereocenters. The normalized spacial score (nSPS) is 9.35. The Morgan fingerprint density at radius 2 is 1.94 bits per heavy atom. The molecule has 1 heterocycles. The number of hydrogen-bond acceptors (Lipinski definition) is 4. The maximum absolute atomic E-state index is 10.6. The van der Waals surface area contributed by atoms with E-state index in [9.17, 15) is 4.79 Å². The van der Waals surface area contributed by atoms with Gasteiger partial charge in [-0.3, -0.25) is 9.78 Å². The number of rotatable bonds is 3. The number of hydrogen-bond donors (Lipinski definition) is 0. The molecule has 0 aliphatic rings. The van der Waals surface area contributed by atoms with Gasteiger partial charge in [0.15, 0.2) is 6.29 Å². The van der Waals surface area contributed by atoms with Crippen molar-refractivity contribution in [3.05, 3.63) is 53.9 Å². The number of nitriles is 1. The van der Waals surface area contributed by atoms with Crippen LogP contribution in [0, 0.1) is 11.3 Å². The first-order valence-corrected chi connectivity index (χ1v) is 4.90. The molecule has 0 bridgehead atoms. The predicted octanol–water partition coefficient (Wildman–Crippen LogP) is 2.56. The van der Waals surface area contributed by atoms with E-state index in [0.717, 1.165) is 0 Å². The number of nitrogens with zero attached hydrogens (tertiary/aromatic N) is 2. The van der Waals surface area contributed by atoms with Crippen molar-refractivity contribution in [1.82, 2.24) is 4.98 Å². The predicted molar refractivity (Wildman–Crippen MR) is 60.9 cm³/mol. The minimum absolute atomic E-state index is 0.455. The fraction of sp³-hybridized carbons (Fsp3) is 0. The average Bonchev–Trinajstić information content (AvgIpc) is 2.40. The van der Waals surface area contributed by atoms with Gasteiger partial charge < -0.3 is 4.74 Å². The first-order chi connectivity index (χ1) is 8.31. The quantitative estimate of drug-likeness (QED) is 0.751. The van der Waals surface area contributed by atoms with E-state index in [2.05, 4.69) is 4.98 Å². The number of benzene rings is 1. The fourth-order valence-electron chi connectivity index (χ4n) is 1.29. The second-order valence-electron chi connectivity index (χ2n) is 3.31. The van der Waals surface area contributed by atoms with Crippen molar-refractivity contribution < 1.29 is 9.53 Å². The molecule has 2 rings (SSSR count). The summed E-state index contributed by atoms with van der Waals surface area (Å²) in [6.07, 6.45) is 3.68. The number of carbonyl (C=O) groups excluding carboxylic acids is 1. The molecule has 0 fully saturated rings. The Balaban J connectivity index is 2.19. The average molecular weight is 224 g/mol. The zero-order chi connectivity index (χ0) is 12.1. The van der Waals surface area contributed by atoms with Crippen molar-refractivity contribution in [2.24, 2.45) is 0 Å². The van der Waals surface area contributed by atoms with Gasteiger partial charge >= 0.3 is 0 Å². The van der Waals surface area contributed by atoms with E-state index in [1.165, 1.54) is 12.4 Å². The summed E-state index contributed by atoms with van der Waals surface area (Å²) in [6, 6.07) is 10.3. The highest BCUT2D eigenvalue weighted by atomic mass is 16.5. The van der Waals surface area contributed by atoms with Crippen molar-refractivity contribution in [3.63, 3.8) is 0 Å². The molecule has 4 nitrogen and oxygen atoms in total. The lowest BCUT2D eigenvalue weighted by Gasteiger charge is -2.05. The monoisotopic (exact) mass is 224 g/mol. The number of ether oxygens (including phenoxy) is 1. The molecular formula is C13H8N2O2. The first-order valence-electron chi connectivity index (χ1n) is 4.90. The topological polar surface area (TPSA) is 63.0 Å². The molecule has 2 aromatic rings. The molecule has 0 atom stereocenters. The summed E-state index contributed by atoms with van der Waals surface area (Å²) >= 11 is 0. The van der Waals surface area contributed by atoms with Gasteiger partial charge in [-0.2, -0.15) is 5.26 Å². The van der Waals surface area contributed by atoms with Crippen molar-refractivity contribution in [2.45, 2.75) is 0 Å². The van der Waals surface area contributed by atoms with Crippen LogP contribution in [0.25, 0.3) is 0 Å². The van der Waals surface area contributed by atoms with E-state index >= 15 is 0 Å². The lowest BCUT2D eigenvalue weighted by molar-refractivity contribution is 0.112. The van der Waals surface area contributed by atoms with E-state index in [1.807, 2.05) is 6.07 Å². The van der Waals surface area contributed by atoms with E-state index in [-0.39, 0.29) is 0 Å². The summed E-state index contributed by atoms with van der Waals surface area (Å²) in [4.78, 5) is 14.4. The second kappa shape index (κ2) is 4.90. The molecule has 0 aliphatic heterocycles. The third kappa shape index (κ3) is 2.67. The lowest BCUT2D eigenvalue weighted by atomic mass is 10.2. The molecule has 82 valence electrons. The van der Waals surface area contributed by atoms with Crippen LogP contribution in [0.15, 0.2) is 42.7 Å². The van der Waals surface area contributed by atoms with Crippen molar-refractivity contribution >= 4 is 6.29 Å². The number of pyridine rings is 1. The summed E-state index contributed by atoms with van der Waals surface area (Å²) in [7, 11) is 0. The Bertz CT molecular complexity index is 571. The molecular weight excluding hydrogens is 216 g/mol. The smallest absolute Gasteiger partial charge is 0.151 e. The van der Waals surface area contributed by atoms with Gasteiger partial charge in [-0.15, -0.1) is 0 Å². The lowest BCUT2D eigenvalue weighted by Crippen LogP contribution is -1.88. The number of aromatic nitrogens is 1. The van der Waals surface area contributed by atoms with Crippen LogP contribution < -0.4 is 4.74 Å². The van der Waals surface area contributed by atoms with Crippen LogP contribution in [0.1, 0.15) is 15.9 Å². The molecule has 0 N–H and O–H groups in total. The summed E-state index contributed by atoms with van der Waals surface area (Å²) < 4.78 is 5.49. The SMILES string of the molecule is N#Cc1ccc(Oc2cncc(C=O)c2)cc1. The van der Waals surface area contributed by atoms with Gasteiger partial charge in [0, 0.05) is 11.8 Å². The van der Waals surface area contributed by atoms with Gasteiger partial charge in [-0.1, -0.05) is 0 Å². The van der Waals surface area contributed by atoms with Gasteiger partial charge in [0.25, 0.3) is 0 Å². The molecule has 0 radical (unpaired) electrons. The van der Waals surface area contributed by atoms with Crippen LogP contribution in [0.2, 0.25) is 0 Å². The summed E-state index contributed by atoms with van der Waals surface area (Å²) in [5.41, 5.74) is 1.02. The third-order valence-electron chi connectivity index (χ3n) is 2.09. The van der Waals surface area contributed by atoms with E-state index in [4.69, 9.17) is 10.00 Å². The molecule has 4 heteroatoms. The molecule has 1 aromatic heterocycles. The van der Waals surface area contributed by atoms with Gasteiger partial charge in [0.2, 0.25) is 0 Å².